The van der Waals surface area contributed by atoms with Gasteiger partial charge in [-0.2, -0.15) is 0 Å². The lowest BCUT2D eigenvalue weighted by molar-refractivity contribution is -0.161. The van der Waals surface area contributed by atoms with Gasteiger partial charge in [0, 0.05) is 25.7 Å². The number of ether oxygens (including phenoxy) is 4. The van der Waals surface area contributed by atoms with Crippen LogP contribution in [0.2, 0.25) is 0 Å². The molecule has 17 nitrogen and oxygen atoms in total. The fourth-order valence-corrected chi connectivity index (χ4v) is 14.0. The predicted octanol–water partition coefficient (Wildman–Crippen LogP) is 24.0. The van der Waals surface area contributed by atoms with Gasteiger partial charge in [-0.15, -0.1) is 0 Å². The van der Waals surface area contributed by atoms with Crippen molar-refractivity contribution < 1.29 is 80.2 Å². The molecule has 5 atom stereocenters. The van der Waals surface area contributed by atoms with E-state index < -0.39 is 97.5 Å². The Morgan fingerprint density at radius 2 is 0.465 bits per heavy atom. The van der Waals surface area contributed by atoms with Crippen LogP contribution in [0.5, 0.6) is 0 Å². The van der Waals surface area contributed by atoms with Crippen molar-refractivity contribution in [3.63, 3.8) is 0 Å². The van der Waals surface area contributed by atoms with Crippen molar-refractivity contribution in [1.29, 1.82) is 0 Å². The SMILES string of the molecule is CCCCCCCCCCCCCCCCCCCCCCCC(=O)O[C@H](COC(=O)CCCCCCCCCCCCCCCCC)COP(=O)(O)OC[C@@H](O)COP(=O)(O)OC[C@@H](COC(=O)CCCCCCCCCCCCC)OC(=O)CCCCCCCCCCCC(C)C. The topological polar surface area (TPSA) is 237 Å². The van der Waals surface area contributed by atoms with Crippen LogP contribution in [-0.4, -0.2) is 96.7 Å². The molecule has 0 radical (unpaired) electrons. The Kier molecular flexibility index (Phi) is 71.6. The van der Waals surface area contributed by atoms with Gasteiger partial charge in [-0.25, -0.2) is 9.13 Å². The van der Waals surface area contributed by atoms with Gasteiger partial charge in [0.05, 0.1) is 26.4 Å². The Balaban J connectivity index is 5.21. The van der Waals surface area contributed by atoms with E-state index in [4.69, 9.17) is 37.0 Å². The van der Waals surface area contributed by atoms with Crippen LogP contribution < -0.4 is 0 Å². The van der Waals surface area contributed by atoms with Crippen molar-refractivity contribution in [3.05, 3.63) is 0 Å². The maximum Gasteiger partial charge on any atom is 0.472 e. The number of phosphoric acid groups is 2. The first kappa shape index (κ1) is 97.1. The molecule has 19 heteroatoms. The Labute approximate surface area is 607 Å². The minimum absolute atomic E-state index is 0.106. The molecule has 2 unspecified atom stereocenters. The van der Waals surface area contributed by atoms with Gasteiger partial charge >= 0.3 is 39.5 Å². The van der Waals surface area contributed by atoms with Crippen LogP contribution in [0.15, 0.2) is 0 Å². The van der Waals surface area contributed by atoms with E-state index in [9.17, 15) is 43.2 Å². The summed E-state index contributed by atoms with van der Waals surface area (Å²) in [6.45, 7) is 7.29. The number of hydrogen-bond acceptors (Lipinski definition) is 15. The Bertz CT molecular complexity index is 1890. The first-order valence-electron chi connectivity index (χ1n) is 41.6. The smallest absolute Gasteiger partial charge is 0.462 e. The molecule has 0 spiro atoms. The highest BCUT2D eigenvalue weighted by Gasteiger charge is 2.30. The largest absolute Gasteiger partial charge is 0.472 e. The van der Waals surface area contributed by atoms with Gasteiger partial charge in [0.15, 0.2) is 12.2 Å². The Morgan fingerprint density at radius 3 is 0.687 bits per heavy atom. The zero-order valence-corrected chi connectivity index (χ0v) is 66.4. The van der Waals surface area contributed by atoms with Crippen molar-refractivity contribution in [2.45, 2.75) is 445 Å². The lowest BCUT2D eigenvalue weighted by Crippen LogP contribution is -2.30. The summed E-state index contributed by atoms with van der Waals surface area (Å²) in [5, 5.41) is 10.6. The summed E-state index contributed by atoms with van der Waals surface area (Å²) < 4.78 is 68.7. The summed E-state index contributed by atoms with van der Waals surface area (Å²) in [5.41, 5.74) is 0. The van der Waals surface area contributed by atoms with Gasteiger partial charge in [-0.3, -0.25) is 37.3 Å². The van der Waals surface area contributed by atoms with Gasteiger partial charge in [-0.1, -0.05) is 375 Å². The fourth-order valence-electron chi connectivity index (χ4n) is 12.4. The molecule has 0 aliphatic rings. The van der Waals surface area contributed by atoms with E-state index in [1.807, 2.05) is 0 Å². The molecule has 0 fully saturated rings. The highest BCUT2D eigenvalue weighted by atomic mass is 31.2. The molecule has 0 saturated heterocycles. The highest BCUT2D eigenvalue weighted by molar-refractivity contribution is 7.47. The van der Waals surface area contributed by atoms with Crippen molar-refractivity contribution in [1.82, 2.24) is 0 Å². The number of unbranched alkanes of at least 4 members (excludes halogenated alkanes) is 52. The summed E-state index contributed by atoms with van der Waals surface area (Å²) in [6.07, 6.45) is 63.9. The van der Waals surface area contributed by atoms with E-state index in [0.717, 1.165) is 95.8 Å². The first-order valence-corrected chi connectivity index (χ1v) is 44.6. The van der Waals surface area contributed by atoms with Gasteiger partial charge in [0.25, 0.3) is 0 Å². The molecule has 0 bridgehead atoms. The highest BCUT2D eigenvalue weighted by Crippen LogP contribution is 2.45. The maximum absolute atomic E-state index is 13.1. The monoisotopic (exact) mass is 1450 g/mol. The van der Waals surface area contributed by atoms with Crippen molar-refractivity contribution in [2.24, 2.45) is 5.92 Å². The fraction of sp³-hybridized carbons (Fsp3) is 0.950. The zero-order valence-electron chi connectivity index (χ0n) is 64.6. The summed E-state index contributed by atoms with van der Waals surface area (Å²) in [4.78, 5) is 73.0. The average Bonchev–Trinajstić information content (AvgIpc) is 1.17. The molecule has 588 valence electrons. The molecular weight excluding hydrogens is 1290 g/mol. The van der Waals surface area contributed by atoms with E-state index in [1.54, 1.807) is 0 Å². The third-order valence-corrected chi connectivity index (χ3v) is 20.7. The minimum Gasteiger partial charge on any atom is -0.462 e. The van der Waals surface area contributed by atoms with Gasteiger partial charge in [-0.05, 0) is 31.6 Å². The molecule has 0 aromatic heterocycles. The zero-order chi connectivity index (χ0) is 72.7. The molecule has 99 heavy (non-hydrogen) atoms. The Morgan fingerprint density at radius 1 is 0.273 bits per heavy atom. The second-order valence-electron chi connectivity index (χ2n) is 29.3. The maximum atomic E-state index is 13.1. The molecule has 0 aromatic rings. The van der Waals surface area contributed by atoms with Crippen LogP contribution in [0, 0.1) is 5.92 Å². The van der Waals surface area contributed by atoms with Gasteiger partial charge in [0.2, 0.25) is 0 Å². The number of hydrogen-bond donors (Lipinski definition) is 3. The summed E-state index contributed by atoms with van der Waals surface area (Å²) in [7, 11) is -9.92. The van der Waals surface area contributed by atoms with Crippen molar-refractivity contribution in [2.75, 3.05) is 39.6 Å². The number of aliphatic hydroxyl groups excluding tert-OH is 1. The molecular formula is C80H156O17P2. The number of carbonyl (C=O) groups excluding carboxylic acids is 4. The van der Waals surface area contributed by atoms with Crippen molar-refractivity contribution in [3.8, 4) is 0 Å². The molecule has 0 aliphatic heterocycles. The van der Waals surface area contributed by atoms with Crippen LogP contribution in [0.4, 0.5) is 0 Å². The third-order valence-electron chi connectivity index (χ3n) is 18.8. The van der Waals surface area contributed by atoms with E-state index >= 15 is 0 Å². The van der Waals surface area contributed by atoms with Crippen LogP contribution in [-0.2, 0) is 65.4 Å². The van der Waals surface area contributed by atoms with Crippen LogP contribution in [0.25, 0.3) is 0 Å². The summed E-state index contributed by atoms with van der Waals surface area (Å²) in [5.74, 6) is -1.37. The summed E-state index contributed by atoms with van der Waals surface area (Å²) >= 11 is 0. The normalized spacial score (nSPS) is 13.9. The minimum atomic E-state index is -4.96. The lowest BCUT2D eigenvalue weighted by atomic mass is 10.0. The number of rotatable bonds is 80. The van der Waals surface area contributed by atoms with Crippen molar-refractivity contribution >= 4 is 39.5 Å². The van der Waals surface area contributed by atoms with Crippen LogP contribution in [0.1, 0.15) is 426 Å². The van der Waals surface area contributed by atoms with E-state index in [0.29, 0.717) is 25.7 Å². The van der Waals surface area contributed by atoms with Crippen LogP contribution in [0.3, 0.4) is 0 Å². The molecule has 3 N–H and O–H groups in total. The molecule has 0 aliphatic carbocycles. The third kappa shape index (κ3) is 74.1. The van der Waals surface area contributed by atoms with E-state index in [2.05, 4.69) is 34.6 Å². The number of aliphatic hydroxyl groups is 1. The second-order valence-corrected chi connectivity index (χ2v) is 32.2. The average molecular weight is 1450 g/mol. The van der Waals surface area contributed by atoms with E-state index in [1.165, 1.54) is 250 Å². The van der Waals surface area contributed by atoms with E-state index in [-0.39, 0.29) is 25.7 Å². The summed E-state index contributed by atoms with van der Waals surface area (Å²) in [6, 6.07) is 0. The number of carbonyl (C=O) groups is 4. The Hall–Kier alpha value is -1.94. The molecule has 0 aromatic carbocycles. The number of esters is 4. The second kappa shape index (κ2) is 73.0. The predicted molar refractivity (Wildman–Crippen MR) is 405 cm³/mol. The quantitative estimate of drug-likeness (QED) is 0.0222. The molecule has 0 saturated carbocycles. The first-order chi connectivity index (χ1) is 48.0. The van der Waals surface area contributed by atoms with Crippen LogP contribution >= 0.6 is 15.6 Å². The van der Waals surface area contributed by atoms with Gasteiger partial charge in [0.1, 0.15) is 19.3 Å². The lowest BCUT2D eigenvalue weighted by Gasteiger charge is -2.21. The molecule has 0 amide bonds. The number of phosphoric ester groups is 2. The molecule has 0 rings (SSSR count). The standard InChI is InChI=1S/C80H156O17P2/c1-6-9-12-15-18-21-24-26-28-29-30-31-32-33-35-37-40-45-50-55-60-65-79(84)96-75(69-91-78(83)64-59-54-49-44-39-36-34-27-25-22-19-16-13-10-7-2)71-94-98(86,87)92-67-74(81)68-93-99(88,89)95-72-76(70-90-77(82)63-58-53-48-43-38-23-20-17-14-11-8-3)97-80(85)66-61-56-51-46-41-42-47-52-57-62-73(4)5/h73-76,81H,6-72H2,1-5H3,(H,86,87)(H,88,89)/t74-,75-,76-/m1/s1. The van der Waals surface area contributed by atoms with Gasteiger partial charge < -0.3 is 33.8 Å². The molecule has 0 heterocycles.